The molecule has 1 aliphatic rings. The Balaban J connectivity index is 2.01. The fraction of sp³-hybridized carbons (Fsp3) is 0.938. The van der Waals surface area contributed by atoms with Crippen LogP contribution in [0.25, 0.3) is 0 Å². The van der Waals surface area contributed by atoms with Gasteiger partial charge in [0.15, 0.2) is 0 Å². The number of unbranched alkanes of at least 4 members (excludes halogenated alkanes) is 1. The van der Waals surface area contributed by atoms with E-state index in [1.807, 2.05) is 0 Å². The quantitative estimate of drug-likeness (QED) is 0.528. The molecule has 1 rings (SSSR count). The first-order valence-corrected chi connectivity index (χ1v) is 8.10. The molecule has 0 spiro atoms. The molecule has 1 unspecified atom stereocenters. The summed E-state index contributed by atoms with van der Waals surface area (Å²) in [6.07, 6.45) is 7.38. The number of nitrogens with one attached hydrogen (secondary N) is 1. The normalized spacial score (nSPS) is 17.6. The van der Waals surface area contributed by atoms with Gasteiger partial charge in [0, 0.05) is 19.3 Å². The zero-order valence-electron chi connectivity index (χ0n) is 13.1. The van der Waals surface area contributed by atoms with Gasteiger partial charge in [-0.3, -0.25) is 5.32 Å². The van der Waals surface area contributed by atoms with Crippen LogP contribution in [0.2, 0.25) is 0 Å². The van der Waals surface area contributed by atoms with Crippen molar-refractivity contribution in [3.8, 4) is 6.07 Å². The lowest BCUT2D eigenvalue weighted by molar-refractivity contribution is 0.0440. The summed E-state index contributed by atoms with van der Waals surface area (Å²) in [5, 5.41) is 12.9. The van der Waals surface area contributed by atoms with Crippen molar-refractivity contribution in [2.24, 2.45) is 0 Å². The molecule has 0 aromatic heterocycles. The summed E-state index contributed by atoms with van der Waals surface area (Å²) in [5.74, 6) is 0. The Kier molecular flexibility index (Phi) is 8.84. The predicted octanol–water partition coefficient (Wildman–Crippen LogP) is 3.02. The lowest BCUT2D eigenvalue weighted by atomic mass is 9.92. The fourth-order valence-electron chi connectivity index (χ4n) is 2.18. The summed E-state index contributed by atoms with van der Waals surface area (Å²) in [5.41, 5.74) is -0.345. The Morgan fingerprint density at radius 3 is 2.25 bits per heavy atom. The monoisotopic (exact) mass is 282 g/mol. The number of ether oxygens (including phenoxy) is 2. The maximum absolute atomic E-state index is 9.40. The second kappa shape index (κ2) is 10.1. The van der Waals surface area contributed by atoms with Gasteiger partial charge in [0.1, 0.15) is 5.54 Å². The molecule has 0 aromatic carbocycles. The van der Waals surface area contributed by atoms with E-state index in [1.165, 1.54) is 19.3 Å². The Morgan fingerprint density at radius 2 is 1.75 bits per heavy atom. The smallest absolute Gasteiger partial charge is 0.106 e. The van der Waals surface area contributed by atoms with Gasteiger partial charge in [-0.1, -0.05) is 20.3 Å². The van der Waals surface area contributed by atoms with Crippen LogP contribution in [0.1, 0.15) is 58.8 Å². The van der Waals surface area contributed by atoms with E-state index in [9.17, 15) is 5.26 Å². The highest BCUT2D eigenvalue weighted by Gasteiger charge is 2.34. The first-order chi connectivity index (χ1) is 9.76. The lowest BCUT2D eigenvalue weighted by Gasteiger charge is -2.26. The topological polar surface area (TPSA) is 54.3 Å². The molecule has 1 saturated carbocycles. The average Bonchev–Trinajstić information content (AvgIpc) is 3.28. The summed E-state index contributed by atoms with van der Waals surface area (Å²) in [7, 11) is 0. The van der Waals surface area contributed by atoms with Crippen molar-refractivity contribution in [2.75, 3.05) is 26.4 Å². The number of hydrogen-bond donors (Lipinski definition) is 1. The Hall–Kier alpha value is -0.630. The molecule has 1 N–H and O–H groups in total. The number of rotatable bonds is 13. The minimum Gasteiger partial charge on any atom is -0.379 e. The summed E-state index contributed by atoms with van der Waals surface area (Å²) in [4.78, 5) is 0. The summed E-state index contributed by atoms with van der Waals surface area (Å²) < 4.78 is 11.0. The molecular weight excluding hydrogens is 252 g/mol. The van der Waals surface area contributed by atoms with Crippen LogP contribution >= 0.6 is 0 Å². The van der Waals surface area contributed by atoms with Crippen LogP contribution in [-0.2, 0) is 9.47 Å². The van der Waals surface area contributed by atoms with Gasteiger partial charge >= 0.3 is 0 Å². The third-order valence-electron chi connectivity index (χ3n) is 3.78. The van der Waals surface area contributed by atoms with Gasteiger partial charge in [-0.15, -0.1) is 0 Å². The van der Waals surface area contributed by atoms with Crippen LogP contribution in [0.5, 0.6) is 0 Å². The molecule has 0 aliphatic heterocycles. The van der Waals surface area contributed by atoms with Crippen molar-refractivity contribution in [1.29, 1.82) is 5.26 Å². The second-order valence-corrected chi connectivity index (χ2v) is 5.65. The van der Waals surface area contributed by atoms with Gasteiger partial charge in [-0.2, -0.15) is 5.26 Å². The first-order valence-electron chi connectivity index (χ1n) is 8.10. The largest absolute Gasteiger partial charge is 0.379 e. The first kappa shape index (κ1) is 17.4. The summed E-state index contributed by atoms with van der Waals surface area (Å²) in [6, 6.07) is 3.04. The highest BCUT2D eigenvalue weighted by molar-refractivity contribution is 5.09. The van der Waals surface area contributed by atoms with E-state index >= 15 is 0 Å². The molecule has 0 bridgehead atoms. The van der Waals surface area contributed by atoms with E-state index in [4.69, 9.17) is 9.47 Å². The molecule has 0 heterocycles. The van der Waals surface area contributed by atoms with Crippen LogP contribution in [0, 0.1) is 11.3 Å². The molecule has 4 nitrogen and oxygen atoms in total. The molecule has 116 valence electrons. The Labute approximate surface area is 123 Å². The highest BCUT2D eigenvalue weighted by Crippen LogP contribution is 2.26. The van der Waals surface area contributed by atoms with Gasteiger partial charge in [-0.25, -0.2) is 0 Å². The van der Waals surface area contributed by atoms with Crippen molar-refractivity contribution >= 4 is 0 Å². The van der Waals surface area contributed by atoms with Gasteiger partial charge < -0.3 is 9.47 Å². The van der Waals surface area contributed by atoms with Crippen LogP contribution < -0.4 is 5.32 Å². The van der Waals surface area contributed by atoms with Crippen molar-refractivity contribution in [3.05, 3.63) is 0 Å². The number of hydrogen-bond acceptors (Lipinski definition) is 4. The van der Waals surface area contributed by atoms with E-state index in [0.717, 1.165) is 32.3 Å². The molecule has 1 atom stereocenters. The standard InChI is InChI=1S/C16H30N2O2/c1-3-5-10-19-12-13-20-11-6-9-16(4-2,14-17)18-15-7-8-15/h15,18H,3-13H2,1-2H3. The van der Waals surface area contributed by atoms with Crippen molar-refractivity contribution < 1.29 is 9.47 Å². The fourth-order valence-corrected chi connectivity index (χ4v) is 2.18. The van der Waals surface area contributed by atoms with Crippen molar-refractivity contribution in [2.45, 2.75) is 70.4 Å². The minimum atomic E-state index is -0.345. The minimum absolute atomic E-state index is 0.345. The lowest BCUT2D eigenvalue weighted by Crippen LogP contribution is -2.44. The second-order valence-electron chi connectivity index (χ2n) is 5.65. The Bertz CT molecular complexity index is 287. The maximum atomic E-state index is 9.40. The maximum Gasteiger partial charge on any atom is 0.106 e. The van der Waals surface area contributed by atoms with Gasteiger partial charge in [0.2, 0.25) is 0 Å². The third-order valence-corrected chi connectivity index (χ3v) is 3.78. The number of nitrogens with zero attached hydrogens (tertiary/aromatic N) is 1. The molecule has 0 aromatic rings. The predicted molar refractivity (Wildman–Crippen MR) is 80.6 cm³/mol. The zero-order valence-corrected chi connectivity index (χ0v) is 13.1. The van der Waals surface area contributed by atoms with Crippen LogP contribution in [0.4, 0.5) is 0 Å². The molecular formula is C16H30N2O2. The molecule has 0 amide bonds. The van der Waals surface area contributed by atoms with Crippen LogP contribution in [0.15, 0.2) is 0 Å². The van der Waals surface area contributed by atoms with Crippen LogP contribution in [-0.4, -0.2) is 38.0 Å². The summed E-state index contributed by atoms with van der Waals surface area (Å²) >= 11 is 0. The van der Waals surface area contributed by atoms with Gasteiger partial charge in [0.05, 0.1) is 19.3 Å². The van der Waals surface area contributed by atoms with E-state index in [1.54, 1.807) is 0 Å². The number of nitriles is 1. The average molecular weight is 282 g/mol. The summed E-state index contributed by atoms with van der Waals surface area (Å²) in [6.45, 7) is 7.13. The SMILES string of the molecule is CCCCOCCOCCCC(C#N)(CC)NC1CC1. The van der Waals surface area contributed by atoms with E-state index in [2.05, 4.69) is 25.2 Å². The van der Waals surface area contributed by atoms with E-state index in [-0.39, 0.29) is 5.54 Å². The van der Waals surface area contributed by atoms with Gasteiger partial charge in [0.25, 0.3) is 0 Å². The molecule has 20 heavy (non-hydrogen) atoms. The molecule has 0 saturated heterocycles. The molecule has 0 radical (unpaired) electrons. The van der Waals surface area contributed by atoms with Crippen molar-refractivity contribution in [3.63, 3.8) is 0 Å². The molecule has 4 heteroatoms. The zero-order chi connectivity index (χ0) is 14.7. The van der Waals surface area contributed by atoms with E-state index < -0.39 is 0 Å². The van der Waals surface area contributed by atoms with Gasteiger partial charge in [-0.05, 0) is 38.5 Å². The third kappa shape index (κ3) is 7.23. The van der Waals surface area contributed by atoms with Crippen molar-refractivity contribution in [1.82, 2.24) is 5.32 Å². The molecule has 1 fully saturated rings. The Morgan fingerprint density at radius 1 is 1.10 bits per heavy atom. The molecule has 1 aliphatic carbocycles. The van der Waals surface area contributed by atoms with E-state index in [0.29, 0.717) is 25.9 Å². The highest BCUT2D eigenvalue weighted by atomic mass is 16.5. The van der Waals surface area contributed by atoms with Crippen LogP contribution in [0.3, 0.4) is 0 Å².